The highest BCUT2D eigenvalue weighted by molar-refractivity contribution is 7.99. The lowest BCUT2D eigenvalue weighted by Crippen LogP contribution is -2.29. The molecule has 1 aliphatic rings. The van der Waals surface area contributed by atoms with Crippen molar-refractivity contribution >= 4 is 34.3 Å². The molecular formula is C21H19F2N3O3S. The van der Waals surface area contributed by atoms with Crippen LogP contribution in [-0.2, 0) is 16.1 Å². The fourth-order valence-corrected chi connectivity index (χ4v) is 4.13. The Balaban J connectivity index is 1.56. The van der Waals surface area contributed by atoms with Crippen LogP contribution in [0.25, 0.3) is 10.9 Å². The minimum absolute atomic E-state index is 0.0767. The van der Waals surface area contributed by atoms with E-state index in [1.807, 2.05) is 0 Å². The number of carbonyl (C=O) groups is 1. The number of nitrogens with zero attached hydrogens (tertiary/aromatic N) is 2. The number of rotatable bonds is 6. The third-order valence-corrected chi connectivity index (χ3v) is 5.75. The quantitative estimate of drug-likeness (QED) is 0.477. The van der Waals surface area contributed by atoms with Crippen molar-refractivity contribution in [1.82, 2.24) is 9.55 Å². The zero-order valence-corrected chi connectivity index (χ0v) is 16.8. The first-order valence-electron chi connectivity index (χ1n) is 9.50. The van der Waals surface area contributed by atoms with E-state index in [0.29, 0.717) is 35.3 Å². The molecule has 6 nitrogen and oxygen atoms in total. The molecule has 1 saturated heterocycles. The van der Waals surface area contributed by atoms with Crippen molar-refractivity contribution in [2.75, 3.05) is 17.7 Å². The van der Waals surface area contributed by atoms with E-state index in [2.05, 4.69) is 10.3 Å². The van der Waals surface area contributed by atoms with Crippen molar-refractivity contribution in [2.45, 2.75) is 30.6 Å². The van der Waals surface area contributed by atoms with Crippen LogP contribution in [0.15, 0.2) is 52.4 Å². The lowest BCUT2D eigenvalue weighted by atomic mass is 10.2. The van der Waals surface area contributed by atoms with Crippen molar-refractivity contribution < 1.29 is 18.3 Å². The number of hydrogen-bond acceptors (Lipinski definition) is 5. The molecule has 1 aromatic heterocycles. The van der Waals surface area contributed by atoms with E-state index < -0.39 is 17.5 Å². The summed E-state index contributed by atoms with van der Waals surface area (Å²) in [5, 5.41) is 3.30. The summed E-state index contributed by atoms with van der Waals surface area (Å²) in [6.07, 6.45) is 1.72. The monoisotopic (exact) mass is 431 g/mol. The number of aromatic nitrogens is 2. The first-order valence-corrected chi connectivity index (χ1v) is 10.5. The highest BCUT2D eigenvalue weighted by Crippen LogP contribution is 2.22. The minimum Gasteiger partial charge on any atom is -0.376 e. The number of halogens is 2. The van der Waals surface area contributed by atoms with Crippen LogP contribution < -0.4 is 10.9 Å². The predicted octanol–water partition coefficient (Wildman–Crippen LogP) is 3.58. The topological polar surface area (TPSA) is 73.2 Å². The van der Waals surface area contributed by atoms with Gasteiger partial charge in [0.1, 0.15) is 11.6 Å². The summed E-state index contributed by atoms with van der Waals surface area (Å²) in [6.45, 7) is 1.02. The third kappa shape index (κ3) is 4.52. The Kier molecular flexibility index (Phi) is 6.10. The number of nitrogens with one attached hydrogen (secondary N) is 1. The molecule has 1 unspecified atom stereocenters. The van der Waals surface area contributed by atoms with Gasteiger partial charge in [0.05, 0.1) is 35.0 Å². The Hall–Kier alpha value is -2.78. The molecule has 0 radical (unpaired) electrons. The number of hydrogen-bond donors (Lipinski definition) is 1. The average Bonchev–Trinajstić information content (AvgIpc) is 3.24. The van der Waals surface area contributed by atoms with Crippen LogP contribution in [0, 0.1) is 11.6 Å². The predicted molar refractivity (Wildman–Crippen MR) is 111 cm³/mol. The molecule has 4 rings (SSSR count). The maximum absolute atomic E-state index is 13.8. The molecule has 156 valence electrons. The summed E-state index contributed by atoms with van der Waals surface area (Å²) in [6, 6.07) is 9.95. The fraction of sp³-hybridized carbons (Fsp3) is 0.286. The van der Waals surface area contributed by atoms with Crippen molar-refractivity contribution in [3.05, 3.63) is 64.5 Å². The first-order chi connectivity index (χ1) is 14.5. The molecule has 0 saturated carbocycles. The summed E-state index contributed by atoms with van der Waals surface area (Å²) in [7, 11) is 0. The smallest absolute Gasteiger partial charge is 0.262 e. The van der Waals surface area contributed by atoms with Crippen molar-refractivity contribution in [3.63, 3.8) is 0 Å². The number of carbonyl (C=O) groups excluding carboxylic acids is 1. The highest BCUT2D eigenvalue weighted by atomic mass is 32.2. The number of amides is 1. The Bertz CT molecular complexity index is 1150. The largest absolute Gasteiger partial charge is 0.376 e. The second-order valence-electron chi connectivity index (χ2n) is 6.92. The van der Waals surface area contributed by atoms with Crippen LogP contribution in [0.3, 0.4) is 0 Å². The molecular weight excluding hydrogens is 412 g/mol. The summed E-state index contributed by atoms with van der Waals surface area (Å²) in [5.74, 6) is -2.16. The molecule has 3 aromatic rings. The first kappa shape index (κ1) is 20.5. The van der Waals surface area contributed by atoms with Gasteiger partial charge in [-0.3, -0.25) is 14.2 Å². The number of fused-ring (bicyclic) bond motifs is 1. The Morgan fingerprint density at radius 2 is 2.10 bits per heavy atom. The van der Waals surface area contributed by atoms with E-state index in [4.69, 9.17) is 4.74 Å². The van der Waals surface area contributed by atoms with Gasteiger partial charge in [0.25, 0.3) is 5.56 Å². The molecule has 0 bridgehead atoms. The number of ether oxygens (including phenoxy) is 1. The molecule has 2 aromatic carbocycles. The van der Waals surface area contributed by atoms with Gasteiger partial charge < -0.3 is 10.1 Å². The highest BCUT2D eigenvalue weighted by Gasteiger charge is 2.21. The normalized spacial score (nSPS) is 16.1. The Morgan fingerprint density at radius 3 is 2.87 bits per heavy atom. The van der Waals surface area contributed by atoms with Crippen LogP contribution in [0.2, 0.25) is 0 Å². The molecule has 30 heavy (non-hydrogen) atoms. The summed E-state index contributed by atoms with van der Waals surface area (Å²) >= 11 is 1.08. The summed E-state index contributed by atoms with van der Waals surface area (Å²) < 4.78 is 34.0. The third-order valence-electron chi connectivity index (χ3n) is 4.77. The maximum Gasteiger partial charge on any atom is 0.262 e. The van der Waals surface area contributed by atoms with Crippen LogP contribution in [-0.4, -0.2) is 33.9 Å². The van der Waals surface area contributed by atoms with E-state index in [1.54, 1.807) is 24.3 Å². The van der Waals surface area contributed by atoms with E-state index in [0.717, 1.165) is 36.7 Å². The van der Waals surface area contributed by atoms with E-state index in [1.165, 1.54) is 4.57 Å². The Morgan fingerprint density at radius 1 is 1.27 bits per heavy atom. The lowest BCUT2D eigenvalue weighted by Gasteiger charge is -2.16. The molecule has 9 heteroatoms. The van der Waals surface area contributed by atoms with Gasteiger partial charge in [-0.05, 0) is 37.1 Å². The van der Waals surface area contributed by atoms with Gasteiger partial charge >= 0.3 is 0 Å². The van der Waals surface area contributed by atoms with Gasteiger partial charge in [-0.1, -0.05) is 23.9 Å². The van der Waals surface area contributed by atoms with Gasteiger partial charge in [-0.25, -0.2) is 13.8 Å². The van der Waals surface area contributed by atoms with Gasteiger partial charge in [0, 0.05) is 12.7 Å². The molecule has 0 aliphatic carbocycles. The number of benzene rings is 2. The van der Waals surface area contributed by atoms with Gasteiger partial charge in [0.2, 0.25) is 5.91 Å². The van der Waals surface area contributed by atoms with Crippen LogP contribution >= 0.6 is 11.8 Å². The van der Waals surface area contributed by atoms with E-state index >= 15 is 0 Å². The zero-order chi connectivity index (χ0) is 21.1. The summed E-state index contributed by atoms with van der Waals surface area (Å²) in [5.41, 5.74) is 0.243. The SMILES string of the molecule is O=C(CSc1nc2ccccc2c(=O)n1CC1CCCO1)Nc1ccc(F)cc1F. The zero-order valence-electron chi connectivity index (χ0n) is 15.9. The molecule has 1 fully saturated rings. The maximum atomic E-state index is 13.8. The molecule has 1 atom stereocenters. The van der Waals surface area contributed by atoms with E-state index in [-0.39, 0.29) is 23.1 Å². The van der Waals surface area contributed by atoms with Gasteiger partial charge in [0.15, 0.2) is 5.16 Å². The molecule has 1 aliphatic heterocycles. The van der Waals surface area contributed by atoms with Crippen molar-refractivity contribution in [2.24, 2.45) is 0 Å². The molecule has 0 spiro atoms. The van der Waals surface area contributed by atoms with Gasteiger partial charge in [-0.15, -0.1) is 0 Å². The van der Waals surface area contributed by atoms with Crippen LogP contribution in [0.5, 0.6) is 0 Å². The van der Waals surface area contributed by atoms with Gasteiger partial charge in [-0.2, -0.15) is 0 Å². The number of anilines is 1. The van der Waals surface area contributed by atoms with Crippen molar-refractivity contribution in [1.29, 1.82) is 0 Å². The second-order valence-corrected chi connectivity index (χ2v) is 7.87. The molecule has 2 heterocycles. The van der Waals surface area contributed by atoms with Crippen molar-refractivity contribution in [3.8, 4) is 0 Å². The lowest BCUT2D eigenvalue weighted by molar-refractivity contribution is -0.113. The summed E-state index contributed by atoms with van der Waals surface area (Å²) in [4.78, 5) is 29.9. The van der Waals surface area contributed by atoms with Crippen LogP contribution in [0.1, 0.15) is 12.8 Å². The number of thioether (sulfide) groups is 1. The number of para-hydroxylation sites is 1. The fourth-order valence-electron chi connectivity index (χ4n) is 3.32. The minimum atomic E-state index is -0.854. The molecule has 1 N–H and O–H groups in total. The van der Waals surface area contributed by atoms with Crippen LogP contribution in [0.4, 0.5) is 14.5 Å². The average molecular weight is 431 g/mol. The van der Waals surface area contributed by atoms with E-state index in [9.17, 15) is 18.4 Å². The molecule has 1 amide bonds. The standard InChI is InChI=1S/C21H19F2N3O3S/c22-13-7-8-18(16(23)10-13)24-19(27)12-30-21-25-17-6-2-1-5-15(17)20(28)26(21)11-14-4-3-9-29-14/h1-2,5-8,10,14H,3-4,9,11-12H2,(H,24,27). The Labute approximate surface area is 175 Å². The second kappa shape index (κ2) is 8.93.